The van der Waals surface area contributed by atoms with Gasteiger partial charge in [0.2, 0.25) is 0 Å². The van der Waals surface area contributed by atoms with Gasteiger partial charge in [-0.25, -0.2) is 0 Å². The zero-order chi connectivity index (χ0) is 10.5. The van der Waals surface area contributed by atoms with Gasteiger partial charge in [-0.05, 0) is 24.3 Å². The first-order valence-corrected chi connectivity index (χ1v) is 5.71. The van der Waals surface area contributed by atoms with Crippen molar-refractivity contribution in [3.63, 3.8) is 0 Å². The quantitative estimate of drug-likeness (QED) is 0.735. The lowest BCUT2D eigenvalue weighted by molar-refractivity contribution is 0.414. The lowest BCUT2D eigenvalue weighted by Crippen LogP contribution is -1.90. The van der Waals surface area contributed by atoms with Crippen molar-refractivity contribution < 1.29 is 9.47 Å². The molecule has 1 aliphatic heterocycles. The number of ether oxygens (including phenoxy) is 2. The highest BCUT2D eigenvalue weighted by molar-refractivity contribution is 8.36. The third-order valence-corrected chi connectivity index (χ3v) is 2.75. The smallest absolute Gasteiger partial charge is 0.127 e. The first-order chi connectivity index (χ1) is 7.38. The molecular formula is C10H10N2O2S. The van der Waals surface area contributed by atoms with Gasteiger partial charge in [0.05, 0.1) is 18.2 Å². The van der Waals surface area contributed by atoms with Crippen LogP contribution in [0.15, 0.2) is 34.5 Å². The number of nitrogens with zero attached hydrogens (tertiary/aromatic N) is 2. The van der Waals surface area contributed by atoms with Crippen molar-refractivity contribution in [1.82, 2.24) is 0 Å². The van der Waals surface area contributed by atoms with Gasteiger partial charge in [0, 0.05) is 0 Å². The molecule has 5 heteroatoms. The maximum Gasteiger partial charge on any atom is 0.127 e. The van der Waals surface area contributed by atoms with E-state index in [0.29, 0.717) is 0 Å². The van der Waals surface area contributed by atoms with Crippen LogP contribution in [0.3, 0.4) is 0 Å². The summed E-state index contributed by atoms with van der Waals surface area (Å²) in [6, 6.07) is 7.40. The fourth-order valence-corrected chi connectivity index (χ4v) is 1.71. The van der Waals surface area contributed by atoms with Gasteiger partial charge in [0.25, 0.3) is 0 Å². The lowest BCUT2D eigenvalue weighted by Gasteiger charge is -2.02. The number of hydrogen-bond acceptors (Lipinski definition) is 4. The van der Waals surface area contributed by atoms with Crippen LogP contribution in [0.4, 0.5) is 0 Å². The summed E-state index contributed by atoms with van der Waals surface area (Å²) in [7, 11) is 1.44. The van der Waals surface area contributed by atoms with Gasteiger partial charge in [0.15, 0.2) is 0 Å². The molecule has 0 atom stereocenters. The van der Waals surface area contributed by atoms with Crippen LogP contribution in [0.2, 0.25) is 0 Å². The van der Waals surface area contributed by atoms with Gasteiger partial charge in [0.1, 0.15) is 17.1 Å². The highest BCUT2D eigenvalue weighted by atomic mass is 32.2. The molecule has 0 bridgehead atoms. The predicted octanol–water partition coefficient (Wildman–Crippen LogP) is 2.09. The summed E-state index contributed by atoms with van der Waals surface area (Å²) >= 11 is 0. The highest BCUT2D eigenvalue weighted by Crippen LogP contribution is 2.17. The molecule has 4 nitrogen and oxygen atoms in total. The van der Waals surface area contributed by atoms with E-state index in [-0.39, 0.29) is 10.5 Å². The number of benzene rings is 1. The minimum atomic E-state index is -0.197. The molecule has 0 saturated heterocycles. The Morgan fingerprint density at radius 3 is 2.27 bits per heavy atom. The van der Waals surface area contributed by atoms with Crippen LogP contribution in [0.1, 0.15) is 0 Å². The summed E-state index contributed by atoms with van der Waals surface area (Å²) in [6.07, 6.45) is 0. The van der Waals surface area contributed by atoms with Gasteiger partial charge < -0.3 is 9.47 Å². The Labute approximate surface area is 90.2 Å². The molecule has 0 fully saturated rings. The number of rotatable bonds is 3. The second kappa shape index (κ2) is 4.75. The van der Waals surface area contributed by atoms with Gasteiger partial charge in [-0.1, -0.05) is 10.5 Å². The Bertz CT molecular complexity index is 410. The molecule has 1 heterocycles. The van der Waals surface area contributed by atoms with Crippen LogP contribution < -0.4 is 9.47 Å². The highest BCUT2D eigenvalue weighted by Gasteiger charge is 1.95. The first kappa shape index (κ1) is 9.92. The molecule has 0 amide bonds. The molecule has 0 radical (unpaired) electrons. The lowest BCUT2D eigenvalue weighted by atomic mass is 10.3. The van der Waals surface area contributed by atoms with E-state index in [1.807, 2.05) is 24.3 Å². The Kier molecular flexibility index (Phi) is 3.14. The van der Waals surface area contributed by atoms with E-state index >= 15 is 0 Å². The first-order valence-electron chi connectivity index (χ1n) is 4.30. The van der Waals surface area contributed by atoms with Gasteiger partial charge in [-0.3, -0.25) is 0 Å². The van der Waals surface area contributed by atoms with Crippen LogP contribution in [-0.2, 0) is 0 Å². The predicted molar refractivity (Wildman–Crippen MR) is 64.3 cm³/mol. The van der Waals surface area contributed by atoms with Crippen molar-refractivity contribution in [3.05, 3.63) is 24.3 Å². The summed E-state index contributed by atoms with van der Waals surface area (Å²) in [6.45, 7) is 0. The normalized spacial score (nSPS) is 14.2. The Morgan fingerprint density at radius 2 is 1.67 bits per heavy atom. The Balaban J connectivity index is 2.02. The fraction of sp³-hybridized carbons (Fsp3) is 0.100. The van der Waals surface area contributed by atoms with E-state index in [0.717, 1.165) is 11.5 Å². The molecule has 1 aromatic rings. The topological polar surface area (TPSA) is 43.2 Å². The Hall–Kier alpha value is -1.62. The molecule has 15 heavy (non-hydrogen) atoms. The molecule has 1 aromatic carbocycles. The second-order valence-electron chi connectivity index (χ2n) is 2.74. The van der Waals surface area contributed by atoms with E-state index in [2.05, 4.69) is 10.2 Å². The van der Waals surface area contributed by atoms with Crippen LogP contribution in [0, 0.1) is 0 Å². The summed E-state index contributed by atoms with van der Waals surface area (Å²) in [4.78, 5) is 0. The zero-order valence-corrected chi connectivity index (χ0v) is 8.98. The van der Waals surface area contributed by atoms with E-state index in [4.69, 9.17) is 9.47 Å². The minimum Gasteiger partial charge on any atom is -0.497 e. The molecule has 78 valence electrons. The van der Waals surface area contributed by atoms with Crippen molar-refractivity contribution in [2.45, 2.75) is 0 Å². The molecule has 0 unspecified atom stereocenters. The van der Waals surface area contributed by atoms with Crippen molar-refractivity contribution in [2.75, 3.05) is 7.11 Å². The SMILES string of the molecule is COc1ccc(OC=S2C=NN=C2)cc1. The molecule has 1 aliphatic rings. The molecule has 2 rings (SSSR count). The summed E-state index contributed by atoms with van der Waals surface area (Å²) in [5.41, 5.74) is 5.19. The molecular weight excluding hydrogens is 212 g/mol. The maximum atomic E-state index is 5.44. The van der Waals surface area contributed by atoms with Crippen molar-refractivity contribution in [3.8, 4) is 11.5 Å². The van der Waals surface area contributed by atoms with Gasteiger partial charge >= 0.3 is 0 Å². The third-order valence-electron chi connectivity index (χ3n) is 1.76. The van der Waals surface area contributed by atoms with E-state index in [1.54, 1.807) is 23.8 Å². The van der Waals surface area contributed by atoms with Crippen LogP contribution in [0.25, 0.3) is 0 Å². The molecule has 0 spiro atoms. The average Bonchev–Trinajstić information content (AvgIpc) is 2.80. The number of methoxy groups -OCH3 is 1. The molecule has 0 aliphatic carbocycles. The van der Waals surface area contributed by atoms with Crippen molar-refractivity contribution >= 4 is 27.1 Å². The number of hydrogen-bond donors (Lipinski definition) is 0. The summed E-state index contributed by atoms with van der Waals surface area (Å²) in [5, 5.41) is 7.46. The van der Waals surface area contributed by atoms with Crippen molar-refractivity contribution in [1.29, 1.82) is 0 Å². The van der Waals surface area contributed by atoms with Crippen LogP contribution >= 0.6 is 10.5 Å². The monoisotopic (exact) mass is 222 g/mol. The largest absolute Gasteiger partial charge is 0.497 e. The minimum absolute atomic E-state index is 0.197. The van der Waals surface area contributed by atoms with Gasteiger partial charge in [-0.2, -0.15) is 10.2 Å². The Morgan fingerprint density at radius 1 is 1.07 bits per heavy atom. The average molecular weight is 222 g/mol. The van der Waals surface area contributed by atoms with E-state index < -0.39 is 0 Å². The molecule has 0 aromatic heterocycles. The summed E-state index contributed by atoms with van der Waals surface area (Å²) in [5.74, 6) is 1.59. The third kappa shape index (κ3) is 2.66. The summed E-state index contributed by atoms with van der Waals surface area (Å²) < 4.78 is 10.5. The standard InChI is InChI=1S/C10H10N2O2S/c1-13-9-2-4-10(5-3-9)14-8-15-6-11-12-7-15/h2-8H,1H3. The molecule has 0 saturated carbocycles. The van der Waals surface area contributed by atoms with E-state index in [1.165, 1.54) is 0 Å². The van der Waals surface area contributed by atoms with E-state index in [9.17, 15) is 0 Å². The zero-order valence-electron chi connectivity index (χ0n) is 8.16. The second-order valence-corrected chi connectivity index (χ2v) is 4.17. The van der Waals surface area contributed by atoms with Crippen molar-refractivity contribution in [2.24, 2.45) is 10.2 Å². The maximum absolute atomic E-state index is 5.44. The van der Waals surface area contributed by atoms with Crippen LogP contribution in [-0.4, -0.2) is 23.8 Å². The fourth-order valence-electron chi connectivity index (χ4n) is 1.01. The van der Waals surface area contributed by atoms with Crippen LogP contribution in [0.5, 0.6) is 11.5 Å². The molecule has 0 N–H and O–H groups in total. The van der Waals surface area contributed by atoms with Gasteiger partial charge in [-0.15, -0.1) is 0 Å².